The van der Waals surface area contributed by atoms with Crippen LogP contribution in [0.3, 0.4) is 0 Å². The van der Waals surface area contributed by atoms with E-state index < -0.39 is 0 Å². The molecule has 2 rings (SSSR count). The van der Waals surface area contributed by atoms with Crippen molar-refractivity contribution in [3.8, 4) is 5.75 Å². The first kappa shape index (κ1) is 15.7. The molecule has 112 valence electrons. The summed E-state index contributed by atoms with van der Waals surface area (Å²) >= 11 is 7.16. The van der Waals surface area contributed by atoms with Crippen LogP contribution in [0.1, 0.15) is 18.9 Å². The Balaban J connectivity index is 1.80. The second-order valence-corrected chi connectivity index (χ2v) is 6.20. The van der Waals surface area contributed by atoms with E-state index in [4.69, 9.17) is 16.3 Å². The third-order valence-corrected chi connectivity index (χ3v) is 3.77. The summed E-state index contributed by atoms with van der Waals surface area (Å²) < 4.78 is 5.59. The highest BCUT2D eigenvalue weighted by atomic mass is 35.5. The molecule has 0 fully saturated rings. The molecule has 1 aromatic carbocycles. The zero-order valence-corrected chi connectivity index (χ0v) is 13.4. The molecule has 1 aromatic heterocycles. The van der Waals surface area contributed by atoms with Crippen molar-refractivity contribution in [1.82, 2.24) is 10.2 Å². The molecule has 0 spiro atoms. The number of hydrogen-bond acceptors (Lipinski definition) is 5. The number of anilines is 1. The fraction of sp³-hybridized carbons (Fsp3) is 0.357. The van der Waals surface area contributed by atoms with Gasteiger partial charge >= 0.3 is 0 Å². The van der Waals surface area contributed by atoms with Crippen LogP contribution in [0.15, 0.2) is 24.3 Å². The topological polar surface area (TPSA) is 64.1 Å². The summed E-state index contributed by atoms with van der Waals surface area (Å²) in [5.41, 5.74) is 0. The van der Waals surface area contributed by atoms with Gasteiger partial charge in [-0.05, 0) is 24.3 Å². The number of carbonyl (C=O) groups is 1. The Kier molecular flexibility index (Phi) is 5.52. The van der Waals surface area contributed by atoms with Gasteiger partial charge in [0.25, 0.3) is 0 Å². The lowest BCUT2D eigenvalue weighted by molar-refractivity contribution is -0.118. The van der Waals surface area contributed by atoms with Crippen molar-refractivity contribution in [1.29, 1.82) is 0 Å². The van der Waals surface area contributed by atoms with Crippen LogP contribution in [0.5, 0.6) is 5.75 Å². The van der Waals surface area contributed by atoms with Gasteiger partial charge in [0.2, 0.25) is 11.0 Å². The molecular formula is C14H16ClN3O2S. The molecule has 1 heterocycles. The lowest BCUT2D eigenvalue weighted by atomic mass is 10.2. The van der Waals surface area contributed by atoms with E-state index in [0.717, 1.165) is 10.8 Å². The SMILES string of the molecule is CC(C)C(=O)Nc1nnc(CCOc2ccc(Cl)cc2)s1. The first-order valence-electron chi connectivity index (χ1n) is 6.56. The standard InChI is InChI=1S/C14H16ClN3O2S/c1-9(2)13(19)16-14-18-17-12(21-14)7-8-20-11-5-3-10(15)4-6-11/h3-6,9H,7-8H2,1-2H3,(H,16,18,19). The van der Waals surface area contributed by atoms with E-state index in [1.54, 1.807) is 12.1 Å². The Bertz CT molecular complexity index is 599. The van der Waals surface area contributed by atoms with Crippen LogP contribution >= 0.6 is 22.9 Å². The Hall–Kier alpha value is -1.66. The van der Waals surface area contributed by atoms with Gasteiger partial charge in [-0.3, -0.25) is 4.79 Å². The van der Waals surface area contributed by atoms with E-state index in [0.29, 0.717) is 23.2 Å². The van der Waals surface area contributed by atoms with Crippen LogP contribution in [-0.2, 0) is 11.2 Å². The highest BCUT2D eigenvalue weighted by Crippen LogP contribution is 2.18. The maximum Gasteiger partial charge on any atom is 0.228 e. The van der Waals surface area contributed by atoms with Crippen LogP contribution in [0.2, 0.25) is 5.02 Å². The quantitative estimate of drug-likeness (QED) is 0.884. The number of aromatic nitrogens is 2. The minimum atomic E-state index is -0.0782. The molecule has 1 amide bonds. The largest absolute Gasteiger partial charge is 0.493 e. The number of rotatable bonds is 6. The third-order valence-electron chi connectivity index (χ3n) is 2.62. The van der Waals surface area contributed by atoms with E-state index in [1.807, 2.05) is 26.0 Å². The molecular weight excluding hydrogens is 310 g/mol. The summed E-state index contributed by atoms with van der Waals surface area (Å²) in [6, 6.07) is 7.19. The molecule has 1 N–H and O–H groups in total. The highest BCUT2D eigenvalue weighted by molar-refractivity contribution is 7.15. The lowest BCUT2D eigenvalue weighted by Gasteiger charge is -2.04. The fourth-order valence-electron chi connectivity index (χ4n) is 1.44. The van der Waals surface area contributed by atoms with Gasteiger partial charge in [-0.25, -0.2) is 0 Å². The number of nitrogens with one attached hydrogen (secondary N) is 1. The van der Waals surface area contributed by atoms with Gasteiger partial charge in [0.05, 0.1) is 6.61 Å². The number of hydrogen-bond donors (Lipinski definition) is 1. The number of amides is 1. The molecule has 21 heavy (non-hydrogen) atoms. The maximum atomic E-state index is 11.5. The molecule has 0 aliphatic heterocycles. The van der Waals surface area contributed by atoms with Crippen LogP contribution in [0, 0.1) is 5.92 Å². The number of nitrogens with zero attached hydrogens (tertiary/aromatic N) is 2. The van der Waals surface area contributed by atoms with Crippen molar-refractivity contribution in [2.24, 2.45) is 5.92 Å². The van der Waals surface area contributed by atoms with Crippen LogP contribution in [0.25, 0.3) is 0 Å². The second-order valence-electron chi connectivity index (χ2n) is 4.70. The van der Waals surface area contributed by atoms with Crippen molar-refractivity contribution >= 4 is 34.0 Å². The van der Waals surface area contributed by atoms with Crippen molar-refractivity contribution in [3.05, 3.63) is 34.3 Å². The van der Waals surface area contributed by atoms with E-state index in [-0.39, 0.29) is 11.8 Å². The van der Waals surface area contributed by atoms with Gasteiger partial charge in [0.1, 0.15) is 10.8 Å². The minimum absolute atomic E-state index is 0.0601. The number of carbonyl (C=O) groups excluding carboxylic acids is 1. The smallest absolute Gasteiger partial charge is 0.228 e. The monoisotopic (exact) mass is 325 g/mol. The van der Waals surface area contributed by atoms with Gasteiger partial charge in [-0.15, -0.1) is 10.2 Å². The van der Waals surface area contributed by atoms with Crippen LogP contribution in [-0.4, -0.2) is 22.7 Å². The van der Waals surface area contributed by atoms with Gasteiger partial charge < -0.3 is 10.1 Å². The van der Waals surface area contributed by atoms with Gasteiger partial charge in [-0.1, -0.05) is 36.8 Å². The minimum Gasteiger partial charge on any atom is -0.493 e. The Labute approximate surface area is 132 Å². The van der Waals surface area contributed by atoms with Gasteiger partial charge in [0, 0.05) is 17.4 Å². The summed E-state index contributed by atoms with van der Waals surface area (Å²) in [4.78, 5) is 11.5. The van der Waals surface area contributed by atoms with E-state index in [1.165, 1.54) is 11.3 Å². The molecule has 0 aliphatic rings. The lowest BCUT2D eigenvalue weighted by Crippen LogP contribution is -2.17. The van der Waals surface area contributed by atoms with Crippen molar-refractivity contribution in [3.63, 3.8) is 0 Å². The average Bonchev–Trinajstić information content (AvgIpc) is 2.88. The molecule has 7 heteroatoms. The van der Waals surface area contributed by atoms with E-state index >= 15 is 0 Å². The Morgan fingerprint density at radius 3 is 2.71 bits per heavy atom. The van der Waals surface area contributed by atoms with Crippen molar-refractivity contribution in [2.75, 3.05) is 11.9 Å². The fourth-order valence-corrected chi connectivity index (χ4v) is 2.29. The van der Waals surface area contributed by atoms with Crippen molar-refractivity contribution in [2.45, 2.75) is 20.3 Å². The summed E-state index contributed by atoms with van der Waals surface area (Å²) in [6.07, 6.45) is 0.637. The maximum absolute atomic E-state index is 11.5. The number of halogens is 1. The summed E-state index contributed by atoms with van der Waals surface area (Å²) in [7, 11) is 0. The highest BCUT2D eigenvalue weighted by Gasteiger charge is 2.11. The van der Waals surface area contributed by atoms with Crippen LogP contribution in [0.4, 0.5) is 5.13 Å². The first-order chi connectivity index (χ1) is 10.0. The van der Waals surface area contributed by atoms with E-state index in [2.05, 4.69) is 15.5 Å². The molecule has 0 unspecified atom stereocenters. The number of ether oxygens (including phenoxy) is 1. The van der Waals surface area contributed by atoms with E-state index in [9.17, 15) is 4.79 Å². The average molecular weight is 326 g/mol. The predicted molar refractivity (Wildman–Crippen MR) is 84.0 cm³/mol. The predicted octanol–water partition coefficient (Wildman–Crippen LogP) is 3.41. The normalized spacial score (nSPS) is 10.7. The molecule has 0 bridgehead atoms. The molecule has 5 nitrogen and oxygen atoms in total. The van der Waals surface area contributed by atoms with Gasteiger partial charge in [0.15, 0.2) is 0 Å². The number of benzene rings is 1. The Morgan fingerprint density at radius 2 is 2.05 bits per heavy atom. The summed E-state index contributed by atoms with van der Waals surface area (Å²) in [6.45, 7) is 4.16. The molecule has 0 radical (unpaired) electrons. The molecule has 2 aromatic rings. The summed E-state index contributed by atoms with van der Waals surface area (Å²) in [5.74, 6) is 0.623. The first-order valence-corrected chi connectivity index (χ1v) is 7.75. The molecule has 0 saturated carbocycles. The second kappa shape index (κ2) is 7.38. The third kappa shape index (κ3) is 4.99. The van der Waals surface area contributed by atoms with Crippen molar-refractivity contribution < 1.29 is 9.53 Å². The van der Waals surface area contributed by atoms with Crippen LogP contribution < -0.4 is 10.1 Å². The van der Waals surface area contributed by atoms with Gasteiger partial charge in [-0.2, -0.15) is 0 Å². The molecule has 0 aliphatic carbocycles. The summed E-state index contributed by atoms with van der Waals surface area (Å²) in [5, 5.41) is 12.7. The zero-order chi connectivity index (χ0) is 15.2. The zero-order valence-electron chi connectivity index (χ0n) is 11.8. The molecule has 0 saturated heterocycles. The Morgan fingerprint density at radius 1 is 1.33 bits per heavy atom. The molecule has 0 atom stereocenters.